The molecule has 0 aromatic carbocycles. The van der Waals surface area contributed by atoms with Gasteiger partial charge in [0.25, 0.3) is 0 Å². The zero-order chi connectivity index (χ0) is 18.7. The molecule has 2 amide bonds. The monoisotopic (exact) mass is 339 g/mol. The van der Waals surface area contributed by atoms with Gasteiger partial charge in [0.2, 0.25) is 11.8 Å². The molecule has 0 aliphatic carbocycles. The normalized spacial score (nSPS) is 10.4. The third kappa shape index (κ3) is 8.08. The van der Waals surface area contributed by atoms with Crippen molar-refractivity contribution >= 4 is 11.8 Å². The standard InChI is InChI=1S/C15H27N5O2.C2H6/c1-6-19-9-13(17-18-19)10-20(12(4)5)15(22)8-7-14(21)16-11(2)3;1-2/h9,11-12H,6-8,10H2,1-5H3,(H,16,21);1-2H3. The summed E-state index contributed by atoms with van der Waals surface area (Å²) in [4.78, 5) is 25.7. The number of rotatable bonds is 8. The van der Waals surface area contributed by atoms with Gasteiger partial charge in [0.05, 0.1) is 12.7 Å². The minimum atomic E-state index is -0.0935. The molecule has 0 fully saturated rings. The predicted octanol–water partition coefficient (Wildman–Crippen LogP) is 2.37. The van der Waals surface area contributed by atoms with E-state index < -0.39 is 0 Å². The average molecular weight is 339 g/mol. The number of nitrogens with one attached hydrogen (secondary N) is 1. The van der Waals surface area contributed by atoms with E-state index in [1.807, 2.05) is 54.7 Å². The first-order valence-corrected chi connectivity index (χ1v) is 8.81. The van der Waals surface area contributed by atoms with E-state index in [-0.39, 0.29) is 36.7 Å². The van der Waals surface area contributed by atoms with Gasteiger partial charge in [-0.05, 0) is 34.6 Å². The molecule has 0 spiro atoms. The number of amides is 2. The minimum absolute atomic E-state index is 0.0417. The van der Waals surface area contributed by atoms with E-state index in [9.17, 15) is 9.59 Å². The molecular weight excluding hydrogens is 306 g/mol. The lowest BCUT2D eigenvalue weighted by Gasteiger charge is -2.25. The van der Waals surface area contributed by atoms with Crippen molar-refractivity contribution in [3.8, 4) is 0 Å². The van der Waals surface area contributed by atoms with Crippen molar-refractivity contribution < 1.29 is 9.59 Å². The summed E-state index contributed by atoms with van der Waals surface area (Å²) in [5, 5.41) is 10.8. The maximum atomic E-state index is 12.3. The molecule has 1 aromatic rings. The van der Waals surface area contributed by atoms with Gasteiger partial charge in [0.15, 0.2) is 0 Å². The highest BCUT2D eigenvalue weighted by atomic mass is 16.2. The highest BCUT2D eigenvalue weighted by molar-refractivity contribution is 5.84. The average Bonchev–Trinajstić information content (AvgIpc) is 2.99. The summed E-state index contributed by atoms with van der Waals surface area (Å²) in [5.41, 5.74) is 0.760. The van der Waals surface area contributed by atoms with Crippen LogP contribution in [0.4, 0.5) is 0 Å². The Morgan fingerprint density at radius 3 is 2.29 bits per heavy atom. The van der Waals surface area contributed by atoms with Crippen LogP contribution in [0.15, 0.2) is 6.20 Å². The molecule has 7 heteroatoms. The predicted molar refractivity (Wildman–Crippen MR) is 95.2 cm³/mol. The van der Waals surface area contributed by atoms with Crippen LogP contribution in [-0.2, 0) is 22.7 Å². The Labute approximate surface area is 145 Å². The maximum Gasteiger partial charge on any atom is 0.223 e. The molecule has 1 heterocycles. The van der Waals surface area contributed by atoms with Crippen LogP contribution in [0.3, 0.4) is 0 Å². The topological polar surface area (TPSA) is 80.1 Å². The highest BCUT2D eigenvalue weighted by Crippen LogP contribution is 2.09. The second kappa shape index (κ2) is 11.6. The van der Waals surface area contributed by atoms with Gasteiger partial charge < -0.3 is 10.2 Å². The zero-order valence-corrected chi connectivity index (χ0v) is 16.2. The molecule has 0 saturated carbocycles. The second-order valence-corrected chi connectivity index (χ2v) is 5.90. The van der Waals surface area contributed by atoms with Crippen molar-refractivity contribution in [3.63, 3.8) is 0 Å². The lowest BCUT2D eigenvalue weighted by atomic mass is 10.2. The van der Waals surface area contributed by atoms with E-state index in [4.69, 9.17) is 0 Å². The zero-order valence-electron chi connectivity index (χ0n) is 16.2. The van der Waals surface area contributed by atoms with Crippen molar-refractivity contribution in [2.45, 2.75) is 86.5 Å². The quantitative estimate of drug-likeness (QED) is 0.788. The van der Waals surface area contributed by atoms with E-state index >= 15 is 0 Å². The fraction of sp³-hybridized carbons (Fsp3) is 0.765. The van der Waals surface area contributed by atoms with E-state index in [1.165, 1.54) is 0 Å². The van der Waals surface area contributed by atoms with Crippen LogP contribution < -0.4 is 5.32 Å². The van der Waals surface area contributed by atoms with Crippen molar-refractivity contribution in [1.82, 2.24) is 25.2 Å². The van der Waals surface area contributed by atoms with Crippen LogP contribution in [0.1, 0.15) is 67.0 Å². The SMILES string of the molecule is CC.CCn1cc(CN(C(=O)CCC(=O)NC(C)C)C(C)C)nn1. The summed E-state index contributed by atoms with van der Waals surface area (Å²) in [6.07, 6.45) is 2.26. The Morgan fingerprint density at radius 1 is 1.21 bits per heavy atom. The Morgan fingerprint density at radius 2 is 1.83 bits per heavy atom. The molecule has 1 rings (SSSR count). The molecule has 1 N–H and O–H groups in total. The number of hydrogen-bond acceptors (Lipinski definition) is 4. The lowest BCUT2D eigenvalue weighted by Crippen LogP contribution is -2.37. The molecule has 1 aromatic heterocycles. The maximum absolute atomic E-state index is 12.3. The third-order valence-corrected chi connectivity index (χ3v) is 3.20. The van der Waals surface area contributed by atoms with E-state index in [0.29, 0.717) is 6.54 Å². The molecule has 0 saturated heterocycles. The molecule has 24 heavy (non-hydrogen) atoms. The summed E-state index contributed by atoms with van der Waals surface area (Å²) >= 11 is 0. The van der Waals surface area contributed by atoms with Crippen LogP contribution in [0.25, 0.3) is 0 Å². The Bertz CT molecular complexity index is 497. The van der Waals surface area contributed by atoms with E-state index in [2.05, 4.69) is 15.6 Å². The van der Waals surface area contributed by atoms with Crippen LogP contribution >= 0.6 is 0 Å². The van der Waals surface area contributed by atoms with Crippen molar-refractivity contribution in [2.75, 3.05) is 0 Å². The number of nitrogens with zero attached hydrogens (tertiary/aromatic N) is 4. The van der Waals surface area contributed by atoms with Crippen molar-refractivity contribution in [2.24, 2.45) is 0 Å². The van der Waals surface area contributed by atoms with Gasteiger partial charge in [-0.15, -0.1) is 5.10 Å². The molecule has 138 valence electrons. The number of carbonyl (C=O) groups excluding carboxylic acids is 2. The molecule has 0 bridgehead atoms. The van der Waals surface area contributed by atoms with Crippen molar-refractivity contribution in [3.05, 3.63) is 11.9 Å². The van der Waals surface area contributed by atoms with E-state index in [1.54, 1.807) is 9.58 Å². The van der Waals surface area contributed by atoms with Crippen LogP contribution in [0.5, 0.6) is 0 Å². The molecule has 0 radical (unpaired) electrons. The smallest absolute Gasteiger partial charge is 0.223 e. The fourth-order valence-electron chi connectivity index (χ4n) is 2.06. The largest absolute Gasteiger partial charge is 0.354 e. The lowest BCUT2D eigenvalue weighted by molar-refractivity contribution is -0.135. The first kappa shape index (κ1) is 22.1. The van der Waals surface area contributed by atoms with Crippen LogP contribution in [0.2, 0.25) is 0 Å². The van der Waals surface area contributed by atoms with Gasteiger partial charge >= 0.3 is 0 Å². The third-order valence-electron chi connectivity index (χ3n) is 3.20. The van der Waals surface area contributed by atoms with Gasteiger partial charge in [0, 0.05) is 31.5 Å². The van der Waals surface area contributed by atoms with Crippen molar-refractivity contribution in [1.29, 1.82) is 0 Å². The molecule has 0 atom stereocenters. The summed E-state index contributed by atoms with van der Waals surface area (Å²) in [6.45, 7) is 14.9. The molecule has 0 unspecified atom stereocenters. The molecule has 0 aliphatic heterocycles. The fourth-order valence-corrected chi connectivity index (χ4v) is 2.06. The molecular formula is C17H33N5O2. The van der Waals surface area contributed by atoms with Crippen LogP contribution in [0, 0.1) is 0 Å². The number of aryl methyl sites for hydroxylation is 1. The number of hydrogen-bond donors (Lipinski definition) is 1. The van der Waals surface area contributed by atoms with Gasteiger partial charge in [-0.25, -0.2) is 0 Å². The second-order valence-electron chi connectivity index (χ2n) is 5.90. The highest BCUT2D eigenvalue weighted by Gasteiger charge is 2.19. The number of aromatic nitrogens is 3. The van der Waals surface area contributed by atoms with Crippen LogP contribution in [-0.4, -0.2) is 43.8 Å². The Hall–Kier alpha value is -1.92. The number of carbonyl (C=O) groups is 2. The van der Waals surface area contributed by atoms with Gasteiger partial charge in [-0.3, -0.25) is 14.3 Å². The van der Waals surface area contributed by atoms with E-state index in [0.717, 1.165) is 12.2 Å². The van der Waals surface area contributed by atoms with Gasteiger partial charge in [-0.1, -0.05) is 19.1 Å². The Balaban J connectivity index is 0.00000254. The van der Waals surface area contributed by atoms with Gasteiger partial charge in [-0.2, -0.15) is 0 Å². The summed E-state index contributed by atoms with van der Waals surface area (Å²) in [5.74, 6) is -0.135. The first-order valence-electron chi connectivity index (χ1n) is 8.81. The first-order chi connectivity index (χ1) is 11.3. The summed E-state index contributed by atoms with van der Waals surface area (Å²) in [6, 6.07) is 0.139. The Kier molecular flexibility index (Phi) is 10.7. The minimum Gasteiger partial charge on any atom is -0.354 e. The van der Waals surface area contributed by atoms with Gasteiger partial charge in [0.1, 0.15) is 5.69 Å². The molecule has 7 nitrogen and oxygen atoms in total. The molecule has 0 aliphatic rings. The summed E-state index contributed by atoms with van der Waals surface area (Å²) in [7, 11) is 0. The summed E-state index contributed by atoms with van der Waals surface area (Å²) < 4.78 is 1.73.